The molecule has 0 spiro atoms. The van der Waals surface area contributed by atoms with Crippen molar-refractivity contribution in [2.45, 2.75) is 9.92 Å². The maximum absolute atomic E-state index is 12.3. The molecule has 2 aromatic heterocycles. The van der Waals surface area contributed by atoms with Crippen LogP contribution in [-0.4, -0.2) is 35.5 Å². The fourth-order valence-electron chi connectivity index (χ4n) is 2.60. The van der Waals surface area contributed by atoms with Gasteiger partial charge in [-0.05, 0) is 24.3 Å². The largest absolute Gasteiger partial charge is 0.254 e. The van der Waals surface area contributed by atoms with E-state index < -0.39 is 10.8 Å². The molecule has 0 fully saturated rings. The number of fused-ring (bicyclic) bond motifs is 1. The van der Waals surface area contributed by atoms with Gasteiger partial charge < -0.3 is 0 Å². The number of nitrogens with zero attached hydrogens (tertiary/aromatic N) is 4. The van der Waals surface area contributed by atoms with Crippen LogP contribution in [0.3, 0.4) is 0 Å². The predicted molar refractivity (Wildman–Crippen MR) is 105 cm³/mol. The summed E-state index contributed by atoms with van der Waals surface area (Å²) in [6.07, 6.45) is 3.35. The van der Waals surface area contributed by atoms with E-state index in [4.69, 9.17) is 0 Å². The first kappa shape index (κ1) is 16.9. The van der Waals surface area contributed by atoms with E-state index in [2.05, 4.69) is 15.1 Å². The average Bonchev–Trinajstić information content (AvgIpc) is 3.14. The van der Waals surface area contributed by atoms with Crippen molar-refractivity contribution in [3.05, 3.63) is 73.2 Å². The molecule has 5 nitrogen and oxygen atoms in total. The fourth-order valence-corrected chi connectivity index (χ4v) is 4.85. The molecule has 1 atom stereocenters. The molecule has 2 heterocycles. The van der Waals surface area contributed by atoms with Crippen LogP contribution < -0.4 is 0 Å². The zero-order chi connectivity index (χ0) is 17.8. The normalized spacial score (nSPS) is 12.3. The molecule has 0 bridgehead atoms. The third kappa shape index (κ3) is 3.54. The summed E-state index contributed by atoms with van der Waals surface area (Å²) in [6.45, 7) is 0. The molecule has 0 radical (unpaired) electrons. The van der Waals surface area contributed by atoms with Crippen molar-refractivity contribution in [2.24, 2.45) is 0 Å². The number of hydrogen-bond acceptors (Lipinski definition) is 5. The lowest BCUT2D eigenvalue weighted by molar-refractivity contribution is 0.684. The van der Waals surface area contributed by atoms with Gasteiger partial charge in [0.25, 0.3) is 0 Å². The van der Waals surface area contributed by atoms with Crippen LogP contribution in [0.5, 0.6) is 0 Å². The van der Waals surface area contributed by atoms with Gasteiger partial charge in [-0.1, -0.05) is 36.4 Å². The van der Waals surface area contributed by atoms with Crippen molar-refractivity contribution < 1.29 is 4.21 Å². The molecule has 0 aliphatic heterocycles. The highest BCUT2D eigenvalue weighted by atomic mass is 32.2. The lowest BCUT2D eigenvalue weighted by atomic mass is 10.3. The third-order valence-electron chi connectivity index (χ3n) is 3.84. The summed E-state index contributed by atoms with van der Waals surface area (Å²) in [6, 6.07) is 19.4. The van der Waals surface area contributed by atoms with E-state index in [1.54, 1.807) is 24.3 Å². The van der Waals surface area contributed by atoms with Gasteiger partial charge in [0.2, 0.25) is 0 Å². The summed E-state index contributed by atoms with van der Waals surface area (Å²) in [5.74, 6) is 1.29. The Bertz CT molecular complexity index is 1040. The number of benzene rings is 2. The van der Waals surface area contributed by atoms with Gasteiger partial charge >= 0.3 is 0 Å². The van der Waals surface area contributed by atoms with Gasteiger partial charge in [0, 0.05) is 16.4 Å². The van der Waals surface area contributed by atoms with E-state index in [0.29, 0.717) is 11.5 Å². The predicted octanol–water partition coefficient (Wildman–Crippen LogP) is 3.72. The van der Waals surface area contributed by atoms with Gasteiger partial charge in [-0.15, -0.1) is 11.8 Å². The van der Waals surface area contributed by atoms with Crippen LogP contribution in [0.25, 0.3) is 16.7 Å². The topological polar surface area (TPSA) is 60.7 Å². The molecule has 26 heavy (non-hydrogen) atoms. The first-order valence-electron chi connectivity index (χ1n) is 8.13. The molecular formula is C19H16N4OS2. The SMILES string of the molecule is O=[S@@](CCSc1ncnc2c1cnn2-c1ccccc1)c1ccccc1. The average molecular weight is 380 g/mol. The number of rotatable bonds is 6. The zero-order valence-corrected chi connectivity index (χ0v) is 15.5. The van der Waals surface area contributed by atoms with E-state index in [1.807, 2.05) is 65.3 Å². The van der Waals surface area contributed by atoms with E-state index in [9.17, 15) is 4.21 Å². The quantitative estimate of drug-likeness (QED) is 0.377. The molecule has 0 aliphatic rings. The first-order valence-corrected chi connectivity index (χ1v) is 10.4. The lowest BCUT2D eigenvalue weighted by Crippen LogP contribution is -2.01. The smallest absolute Gasteiger partial charge is 0.167 e. The van der Waals surface area contributed by atoms with Crippen LogP contribution >= 0.6 is 11.8 Å². The molecular weight excluding hydrogens is 364 g/mol. The summed E-state index contributed by atoms with van der Waals surface area (Å²) in [7, 11) is -1.00. The van der Waals surface area contributed by atoms with Crippen LogP contribution in [0.2, 0.25) is 0 Å². The molecule has 2 aromatic carbocycles. The first-order chi connectivity index (χ1) is 12.8. The molecule has 0 amide bonds. The highest BCUT2D eigenvalue weighted by Crippen LogP contribution is 2.26. The molecule has 4 rings (SSSR count). The Morgan fingerprint density at radius 1 is 0.962 bits per heavy atom. The van der Waals surface area contributed by atoms with Gasteiger partial charge in [-0.25, -0.2) is 14.6 Å². The molecule has 0 saturated carbocycles. The summed E-state index contributed by atoms with van der Waals surface area (Å²) in [5.41, 5.74) is 1.74. The Morgan fingerprint density at radius 3 is 2.46 bits per heavy atom. The summed E-state index contributed by atoms with van der Waals surface area (Å²) >= 11 is 1.58. The maximum atomic E-state index is 12.3. The number of para-hydroxylation sites is 1. The monoisotopic (exact) mass is 380 g/mol. The molecule has 7 heteroatoms. The second kappa shape index (κ2) is 7.80. The van der Waals surface area contributed by atoms with E-state index >= 15 is 0 Å². The Labute approximate surface area is 158 Å². The van der Waals surface area contributed by atoms with E-state index in [0.717, 1.165) is 26.6 Å². The molecule has 130 valence electrons. The minimum atomic E-state index is -1.00. The third-order valence-corrected chi connectivity index (χ3v) is 6.48. The van der Waals surface area contributed by atoms with Gasteiger partial charge in [-0.3, -0.25) is 4.21 Å². The van der Waals surface area contributed by atoms with Crippen LogP contribution in [-0.2, 0) is 10.8 Å². The lowest BCUT2D eigenvalue weighted by Gasteiger charge is -2.04. The number of thioether (sulfide) groups is 1. The van der Waals surface area contributed by atoms with Crippen molar-refractivity contribution >= 4 is 33.6 Å². The van der Waals surface area contributed by atoms with Crippen molar-refractivity contribution in [2.75, 3.05) is 11.5 Å². The van der Waals surface area contributed by atoms with Crippen LogP contribution in [0, 0.1) is 0 Å². The minimum absolute atomic E-state index is 0.576. The Balaban J connectivity index is 1.51. The van der Waals surface area contributed by atoms with E-state index in [1.165, 1.54) is 0 Å². The highest BCUT2D eigenvalue weighted by molar-refractivity contribution is 8.00. The number of aromatic nitrogens is 4. The Hall–Kier alpha value is -2.51. The van der Waals surface area contributed by atoms with Crippen molar-refractivity contribution in [1.29, 1.82) is 0 Å². The summed E-state index contributed by atoms with van der Waals surface area (Å²) in [5, 5.41) is 6.23. The van der Waals surface area contributed by atoms with Crippen molar-refractivity contribution in [3.8, 4) is 5.69 Å². The highest BCUT2D eigenvalue weighted by Gasteiger charge is 2.12. The summed E-state index contributed by atoms with van der Waals surface area (Å²) in [4.78, 5) is 9.63. The maximum Gasteiger partial charge on any atom is 0.167 e. The van der Waals surface area contributed by atoms with Gasteiger partial charge in [0.15, 0.2) is 5.65 Å². The molecule has 4 aromatic rings. The van der Waals surface area contributed by atoms with Crippen LogP contribution in [0.4, 0.5) is 0 Å². The molecule has 0 unspecified atom stereocenters. The standard InChI is InChI=1S/C19H16N4OS2/c24-26(16-9-5-2-6-10-16)12-11-25-19-17-13-22-23(18(17)20-14-21-19)15-7-3-1-4-8-15/h1-10,13-14H,11-12H2/t26-/m0/s1. The molecule has 0 N–H and O–H groups in total. The molecule has 0 saturated heterocycles. The second-order valence-electron chi connectivity index (χ2n) is 5.52. The summed E-state index contributed by atoms with van der Waals surface area (Å²) < 4.78 is 14.1. The number of hydrogen-bond donors (Lipinski definition) is 0. The van der Waals surface area contributed by atoms with Crippen LogP contribution in [0.1, 0.15) is 0 Å². The van der Waals surface area contributed by atoms with Crippen LogP contribution in [0.15, 0.2) is 83.1 Å². The van der Waals surface area contributed by atoms with E-state index in [-0.39, 0.29) is 0 Å². The van der Waals surface area contributed by atoms with Gasteiger partial charge in [0.05, 0.1) is 28.1 Å². The Morgan fingerprint density at radius 2 is 1.69 bits per heavy atom. The Kier molecular flexibility index (Phi) is 5.08. The minimum Gasteiger partial charge on any atom is -0.254 e. The van der Waals surface area contributed by atoms with Crippen molar-refractivity contribution in [3.63, 3.8) is 0 Å². The zero-order valence-electron chi connectivity index (χ0n) is 13.9. The van der Waals surface area contributed by atoms with Crippen molar-refractivity contribution in [1.82, 2.24) is 19.7 Å². The fraction of sp³-hybridized carbons (Fsp3) is 0.105. The molecule has 0 aliphatic carbocycles. The van der Waals surface area contributed by atoms with Gasteiger partial charge in [0.1, 0.15) is 11.4 Å². The second-order valence-corrected chi connectivity index (χ2v) is 8.17. The van der Waals surface area contributed by atoms with Gasteiger partial charge in [-0.2, -0.15) is 5.10 Å².